The largest absolute Gasteiger partial charge is 0.313 e. The highest BCUT2D eigenvalue weighted by atomic mass is 14.9. The summed E-state index contributed by atoms with van der Waals surface area (Å²) < 4.78 is 0. The number of nitriles is 1. The maximum Gasteiger partial charge on any atom is 0.0622 e. The van der Waals surface area contributed by atoms with Crippen LogP contribution in [-0.2, 0) is 5.41 Å². The van der Waals surface area contributed by atoms with Crippen LogP contribution in [0.25, 0.3) is 0 Å². The van der Waals surface area contributed by atoms with Gasteiger partial charge < -0.3 is 5.32 Å². The molecule has 17 heavy (non-hydrogen) atoms. The van der Waals surface area contributed by atoms with Crippen LogP contribution in [0.15, 0.2) is 24.3 Å². The van der Waals surface area contributed by atoms with Gasteiger partial charge in [-0.2, -0.15) is 5.26 Å². The molecule has 0 fully saturated rings. The zero-order valence-corrected chi connectivity index (χ0v) is 11.2. The molecule has 1 unspecified atom stereocenters. The Balaban J connectivity index is 2.82. The highest BCUT2D eigenvalue weighted by molar-refractivity contribution is 5.29. The monoisotopic (exact) mass is 230 g/mol. The van der Waals surface area contributed by atoms with Crippen molar-refractivity contribution in [2.24, 2.45) is 0 Å². The van der Waals surface area contributed by atoms with E-state index >= 15 is 0 Å². The Morgan fingerprint density at radius 2 is 1.82 bits per heavy atom. The standard InChI is InChI=1S/C15H22N2/c1-15(2,3)13-9-7-12(8-10-13)14(17-4)6-5-11-16/h7-10,14,17H,5-6H2,1-4H3. The molecule has 1 N–H and O–H groups in total. The summed E-state index contributed by atoms with van der Waals surface area (Å²) in [4.78, 5) is 0. The van der Waals surface area contributed by atoms with Crippen LogP contribution in [0.3, 0.4) is 0 Å². The van der Waals surface area contributed by atoms with Crippen molar-refractivity contribution in [3.63, 3.8) is 0 Å². The first-order chi connectivity index (χ1) is 7.99. The van der Waals surface area contributed by atoms with E-state index in [2.05, 4.69) is 56.4 Å². The van der Waals surface area contributed by atoms with Crippen LogP contribution in [0.2, 0.25) is 0 Å². The predicted molar refractivity (Wildman–Crippen MR) is 71.8 cm³/mol. The molecular formula is C15H22N2. The highest BCUT2D eigenvalue weighted by Gasteiger charge is 2.14. The summed E-state index contributed by atoms with van der Waals surface area (Å²) in [6.07, 6.45) is 1.45. The van der Waals surface area contributed by atoms with Crippen molar-refractivity contribution in [2.75, 3.05) is 7.05 Å². The minimum atomic E-state index is 0.195. The van der Waals surface area contributed by atoms with Crippen LogP contribution >= 0.6 is 0 Å². The summed E-state index contributed by atoms with van der Waals surface area (Å²) >= 11 is 0. The second-order valence-electron chi connectivity index (χ2n) is 5.41. The number of nitrogens with one attached hydrogen (secondary N) is 1. The summed E-state index contributed by atoms with van der Waals surface area (Å²) in [6.45, 7) is 6.65. The maximum atomic E-state index is 8.63. The molecule has 0 saturated heterocycles. The third kappa shape index (κ3) is 3.87. The lowest BCUT2D eigenvalue weighted by molar-refractivity contribution is 0.554. The fourth-order valence-corrected chi connectivity index (χ4v) is 1.90. The lowest BCUT2D eigenvalue weighted by Gasteiger charge is -2.21. The lowest BCUT2D eigenvalue weighted by Crippen LogP contribution is -2.17. The normalized spacial score (nSPS) is 13.1. The van der Waals surface area contributed by atoms with Crippen molar-refractivity contribution in [2.45, 2.75) is 45.1 Å². The van der Waals surface area contributed by atoms with E-state index in [9.17, 15) is 0 Å². The Kier molecular flexibility index (Phi) is 4.72. The van der Waals surface area contributed by atoms with Crippen LogP contribution in [-0.4, -0.2) is 7.05 Å². The molecule has 92 valence electrons. The third-order valence-corrected chi connectivity index (χ3v) is 3.07. The molecule has 1 atom stereocenters. The van der Waals surface area contributed by atoms with Crippen molar-refractivity contribution in [1.29, 1.82) is 5.26 Å². The molecule has 0 radical (unpaired) electrons. The smallest absolute Gasteiger partial charge is 0.0622 e. The van der Waals surface area contributed by atoms with Crippen molar-refractivity contribution in [1.82, 2.24) is 5.32 Å². The number of rotatable bonds is 4. The predicted octanol–water partition coefficient (Wildman–Crippen LogP) is 3.55. The van der Waals surface area contributed by atoms with Crippen molar-refractivity contribution in [3.8, 4) is 6.07 Å². The first-order valence-electron chi connectivity index (χ1n) is 6.13. The summed E-state index contributed by atoms with van der Waals surface area (Å²) in [6, 6.07) is 11.2. The van der Waals surface area contributed by atoms with Crippen LogP contribution in [0.1, 0.15) is 50.8 Å². The van der Waals surface area contributed by atoms with Gasteiger partial charge in [-0.3, -0.25) is 0 Å². The molecule has 0 spiro atoms. The quantitative estimate of drug-likeness (QED) is 0.858. The number of hydrogen-bond donors (Lipinski definition) is 1. The van der Waals surface area contributed by atoms with Crippen LogP contribution in [0, 0.1) is 11.3 Å². The van der Waals surface area contributed by atoms with Crippen LogP contribution in [0.5, 0.6) is 0 Å². The topological polar surface area (TPSA) is 35.8 Å². The average Bonchev–Trinajstić information content (AvgIpc) is 2.29. The van der Waals surface area contributed by atoms with Crippen molar-refractivity contribution >= 4 is 0 Å². The molecule has 0 aromatic heterocycles. The number of nitrogens with zero attached hydrogens (tertiary/aromatic N) is 1. The Morgan fingerprint density at radius 3 is 2.24 bits per heavy atom. The molecule has 1 rings (SSSR count). The fourth-order valence-electron chi connectivity index (χ4n) is 1.90. The van der Waals surface area contributed by atoms with E-state index in [-0.39, 0.29) is 11.5 Å². The van der Waals surface area contributed by atoms with Gasteiger partial charge in [-0.05, 0) is 30.0 Å². The van der Waals surface area contributed by atoms with Gasteiger partial charge >= 0.3 is 0 Å². The molecule has 0 aliphatic heterocycles. The van der Waals surface area contributed by atoms with Crippen LogP contribution < -0.4 is 5.32 Å². The maximum absolute atomic E-state index is 8.63. The third-order valence-electron chi connectivity index (χ3n) is 3.07. The van der Waals surface area contributed by atoms with E-state index in [0.717, 1.165) is 6.42 Å². The van der Waals surface area contributed by atoms with Gasteiger partial charge in [0.15, 0.2) is 0 Å². The summed E-state index contributed by atoms with van der Waals surface area (Å²) in [5.74, 6) is 0. The van der Waals surface area contributed by atoms with Gasteiger partial charge in [0, 0.05) is 12.5 Å². The molecule has 2 heteroatoms. The first kappa shape index (κ1) is 13.7. The molecule has 0 amide bonds. The molecule has 0 saturated carbocycles. The molecule has 0 aliphatic carbocycles. The van der Waals surface area contributed by atoms with Gasteiger partial charge in [0.2, 0.25) is 0 Å². The lowest BCUT2D eigenvalue weighted by atomic mass is 9.86. The zero-order chi connectivity index (χ0) is 12.9. The Hall–Kier alpha value is -1.33. The second-order valence-corrected chi connectivity index (χ2v) is 5.41. The summed E-state index contributed by atoms with van der Waals surface area (Å²) in [7, 11) is 1.94. The van der Waals surface area contributed by atoms with Gasteiger partial charge in [-0.15, -0.1) is 0 Å². The minimum Gasteiger partial charge on any atom is -0.313 e. The summed E-state index contributed by atoms with van der Waals surface area (Å²) in [5.41, 5.74) is 2.80. The van der Waals surface area contributed by atoms with E-state index in [4.69, 9.17) is 5.26 Å². The molecule has 2 nitrogen and oxygen atoms in total. The molecule has 0 aliphatic rings. The Bertz CT molecular complexity index is 379. The van der Waals surface area contributed by atoms with Gasteiger partial charge in [-0.25, -0.2) is 0 Å². The van der Waals surface area contributed by atoms with Gasteiger partial charge in [0.25, 0.3) is 0 Å². The van der Waals surface area contributed by atoms with Crippen molar-refractivity contribution < 1.29 is 0 Å². The second kappa shape index (κ2) is 5.84. The van der Waals surface area contributed by atoms with E-state index in [1.807, 2.05) is 7.05 Å². The molecule has 1 aromatic carbocycles. The van der Waals surface area contributed by atoms with E-state index in [1.54, 1.807) is 0 Å². The SMILES string of the molecule is CNC(CCC#N)c1ccc(C(C)(C)C)cc1. The van der Waals surface area contributed by atoms with Gasteiger partial charge in [0.1, 0.15) is 0 Å². The minimum absolute atomic E-state index is 0.195. The number of hydrogen-bond acceptors (Lipinski definition) is 2. The van der Waals surface area contributed by atoms with E-state index < -0.39 is 0 Å². The molecular weight excluding hydrogens is 208 g/mol. The van der Waals surface area contributed by atoms with Crippen molar-refractivity contribution in [3.05, 3.63) is 35.4 Å². The molecule has 0 bridgehead atoms. The molecule has 1 aromatic rings. The fraction of sp³-hybridized carbons (Fsp3) is 0.533. The van der Waals surface area contributed by atoms with E-state index in [0.29, 0.717) is 6.42 Å². The Morgan fingerprint density at radius 1 is 1.24 bits per heavy atom. The van der Waals surface area contributed by atoms with Crippen LogP contribution in [0.4, 0.5) is 0 Å². The van der Waals surface area contributed by atoms with Gasteiger partial charge in [0.05, 0.1) is 6.07 Å². The van der Waals surface area contributed by atoms with E-state index in [1.165, 1.54) is 11.1 Å². The summed E-state index contributed by atoms with van der Waals surface area (Å²) in [5, 5.41) is 11.9. The highest BCUT2D eigenvalue weighted by Crippen LogP contribution is 2.25. The number of benzene rings is 1. The Labute approximate surface area is 105 Å². The first-order valence-corrected chi connectivity index (χ1v) is 6.13. The van der Waals surface area contributed by atoms with Gasteiger partial charge in [-0.1, -0.05) is 45.0 Å². The average molecular weight is 230 g/mol. The zero-order valence-electron chi connectivity index (χ0n) is 11.2. The molecule has 0 heterocycles.